The number of hydrogen-bond acceptors (Lipinski definition) is 7. The molecule has 3 heterocycles. The van der Waals surface area contributed by atoms with E-state index in [0.29, 0.717) is 51.7 Å². The van der Waals surface area contributed by atoms with Gasteiger partial charge in [0.05, 0.1) is 24.0 Å². The van der Waals surface area contributed by atoms with Gasteiger partial charge in [-0.1, -0.05) is 75.1 Å². The van der Waals surface area contributed by atoms with Crippen molar-refractivity contribution < 1.29 is 33.8 Å². The number of carbonyl (C=O) groups excluding carboxylic acids is 4. The molecule has 0 aromatic heterocycles. The highest BCUT2D eigenvalue weighted by Gasteiger charge is 2.74. The van der Waals surface area contributed by atoms with E-state index in [-0.39, 0.29) is 43.3 Å². The Morgan fingerprint density at radius 1 is 1.13 bits per heavy atom. The van der Waals surface area contributed by atoms with Crippen molar-refractivity contribution in [3.8, 4) is 0 Å². The van der Waals surface area contributed by atoms with Crippen LogP contribution >= 0.6 is 0 Å². The van der Waals surface area contributed by atoms with Crippen LogP contribution in [0.4, 0.5) is 0 Å². The van der Waals surface area contributed by atoms with Crippen LogP contribution in [-0.2, 0) is 28.7 Å². The number of allylic oxidation sites excluding steroid dienone is 1. The molecule has 0 unspecified atom stereocenters. The van der Waals surface area contributed by atoms with Crippen LogP contribution in [0.1, 0.15) is 89.2 Å². The van der Waals surface area contributed by atoms with E-state index in [1.807, 2.05) is 30.3 Å². The molecule has 0 aliphatic carbocycles. The molecule has 2 N–H and O–H groups in total. The molecule has 4 rings (SSSR count). The van der Waals surface area contributed by atoms with Crippen molar-refractivity contribution in [1.29, 1.82) is 0 Å². The van der Waals surface area contributed by atoms with Gasteiger partial charge in [-0.15, -0.1) is 13.2 Å². The first-order valence-corrected chi connectivity index (χ1v) is 17.4. The molecule has 10 nitrogen and oxygen atoms in total. The third-order valence-corrected chi connectivity index (χ3v) is 9.82. The average Bonchev–Trinajstić information content (AvgIpc) is 3.72. The summed E-state index contributed by atoms with van der Waals surface area (Å²) in [6.45, 7) is 11.0. The van der Waals surface area contributed by atoms with Gasteiger partial charge < -0.3 is 29.7 Å². The van der Waals surface area contributed by atoms with Crippen LogP contribution < -0.4 is 5.32 Å². The van der Waals surface area contributed by atoms with E-state index < -0.39 is 35.6 Å². The van der Waals surface area contributed by atoms with E-state index in [1.165, 1.54) is 0 Å². The van der Waals surface area contributed by atoms with Gasteiger partial charge in [0, 0.05) is 32.7 Å². The Bertz CT molecular complexity index is 1240. The lowest BCUT2D eigenvalue weighted by Crippen LogP contribution is -2.56. The summed E-state index contributed by atoms with van der Waals surface area (Å²) in [5.41, 5.74) is -0.311. The molecule has 3 fully saturated rings. The van der Waals surface area contributed by atoms with E-state index in [9.17, 15) is 24.3 Å². The van der Waals surface area contributed by atoms with Gasteiger partial charge in [0.2, 0.25) is 17.7 Å². The molecule has 2 bridgehead atoms. The minimum absolute atomic E-state index is 0.0525. The number of nitrogens with zero attached hydrogens (tertiary/aromatic N) is 2. The summed E-state index contributed by atoms with van der Waals surface area (Å²) in [6, 6.07) is 7.87. The number of unbranched alkanes of at least 4 members (excludes halogenated alkanes) is 5. The van der Waals surface area contributed by atoms with Gasteiger partial charge >= 0.3 is 5.97 Å². The minimum atomic E-state index is -1.09. The summed E-state index contributed by atoms with van der Waals surface area (Å²) in [7, 11) is 0. The van der Waals surface area contributed by atoms with Crippen LogP contribution in [0, 0.1) is 11.8 Å². The molecule has 1 aromatic rings. The number of carbonyl (C=O) groups is 4. The normalized spacial score (nSPS) is 24.9. The van der Waals surface area contributed by atoms with Crippen LogP contribution in [0.25, 0.3) is 0 Å². The highest BCUT2D eigenvalue weighted by atomic mass is 16.5. The van der Waals surface area contributed by atoms with Gasteiger partial charge in [-0.2, -0.15) is 0 Å². The van der Waals surface area contributed by atoms with Crippen molar-refractivity contribution in [1.82, 2.24) is 15.1 Å². The Morgan fingerprint density at radius 3 is 2.60 bits per heavy atom. The predicted molar refractivity (Wildman–Crippen MR) is 179 cm³/mol. The summed E-state index contributed by atoms with van der Waals surface area (Å²) in [5, 5.41) is 12.3. The quantitative estimate of drug-likeness (QED) is 0.114. The Morgan fingerprint density at radius 2 is 1.89 bits per heavy atom. The molecular formula is C37H53N3O7. The second kappa shape index (κ2) is 17.6. The van der Waals surface area contributed by atoms with E-state index in [0.717, 1.165) is 37.7 Å². The fourth-order valence-electron chi connectivity index (χ4n) is 7.54. The number of aliphatic hydroxyl groups excluding tert-OH is 1. The van der Waals surface area contributed by atoms with Crippen LogP contribution in [0.3, 0.4) is 0 Å². The van der Waals surface area contributed by atoms with Crippen molar-refractivity contribution in [2.75, 3.05) is 32.8 Å². The van der Waals surface area contributed by atoms with Gasteiger partial charge in [0.15, 0.2) is 0 Å². The lowest BCUT2D eigenvalue weighted by Gasteiger charge is -2.37. The molecule has 0 radical (unpaired) electrons. The zero-order valence-electron chi connectivity index (χ0n) is 27.9. The number of likely N-dealkylation sites (tertiary alicyclic amines) is 1. The van der Waals surface area contributed by atoms with Crippen molar-refractivity contribution in [2.45, 2.75) is 101 Å². The summed E-state index contributed by atoms with van der Waals surface area (Å²) in [6.07, 6.45) is 10.5. The number of esters is 1. The first kappa shape index (κ1) is 36.3. The minimum Gasteiger partial charge on any atom is -0.463 e. The molecule has 0 saturated carbocycles. The van der Waals surface area contributed by atoms with Crippen molar-refractivity contribution in [3.63, 3.8) is 0 Å². The van der Waals surface area contributed by atoms with Gasteiger partial charge in [-0.3, -0.25) is 19.2 Å². The lowest BCUT2D eigenvalue weighted by atomic mass is 9.70. The van der Waals surface area contributed by atoms with Gasteiger partial charge in [-0.05, 0) is 44.1 Å². The van der Waals surface area contributed by atoms with Gasteiger partial charge in [-0.25, -0.2) is 0 Å². The molecule has 3 amide bonds. The fourth-order valence-corrected chi connectivity index (χ4v) is 7.54. The highest BCUT2D eigenvalue weighted by Crippen LogP contribution is 2.58. The average molecular weight is 652 g/mol. The summed E-state index contributed by atoms with van der Waals surface area (Å²) >= 11 is 0. The van der Waals surface area contributed by atoms with Gasteiger partial charge in [0.25, 0.3) is 0 Å². The second-order valence-electron chi connectivity index (χ2n) is 13.0. The monoisotopic (exact) mass is 651 g/mol. The first-order chi connectivity index (χ1) is 22.8. The number of benzene rings is 1. The number of rotatable bonds is 21. The third kappa shape index (κ3) is 8.33. The number of hydrogen-bond donors (Lipinski definition) is 2. The van der Waals surface area contributed by atoms with Crippen LogP contribution in [0.5, 0.6) is 0 Å². The van der Waals surface area contributed by atoms with Gasteiger partial charge in [0.1, 0.15) is 18.2 Å². The number of ether oxygens (including phenoxy) is 2. The maximum atomic E-state index is 14.4. The van der Waals surface area contributed by atoms with E-state index in [2.05, 4.69) is 25.4 Å². The van der Waals surface area contributed by atoms with Crippen LogP contribution in [-0.4, -0.2) is 89.2 Å². The van der Waals surface area contributed by atoms with Crippen molar-refractivity contribution in [3.05, 3.63) is 61.2 Å². The molecule has 3 aliphatic heterocycles. The number of amides is 3. The molecule has 10 heteroatoms. The summed E-state index contributed by atoms with van der Waals surface area (Å²) in [5.74, 6) is -2.66. The zero-order valence-corrected chi connectivity index (χ0v) is 27.9. The van der Waals surface area contributed by atoms with Crippen molar-refractivity contribution in [2.24, 2.45) is 11.8 Å². The number of nitrogens with one attached hydrogen (secondary N) is 1. The molecule has 3 aliphatic rings. The molecule has 258 valence electrons. The summed E-state index contributed by atoms with van der Waals surface area (Å²) in [4.78, 5) is 58.8. The number of fused-ring (bicyclic) bond motifs is 1. The first-order valence-electron chi connectivity index (χ1n) is 17.4. The topological polar surface area (TPSA) is 125 Å². The highest BCUT2D eigenvalue weighted by molar-refractivity contribution is 5.99. The smallest absolute Gasteiger partial charge is 0.306 e. The Balaban J connectivity index is 1.60. The second-order valence-corrected chi connectivity index (χ2v) is 13.0. The number of aliphatic hydroxyl groups is 1. The van der Waals surface area contributed by atoms with Crippen LogP contribution in [0.15, 0.2) is 55.6 Å². The molecule has 1 spiro atoms. The molecule has 3 saturated heterocycles. The Labute approximate surface area is 279 Å². The van der Waals surface area contributed by atoms with Crippen molar-refractivity contribution >= 4 is 23.7 Å². The molecule has 47 heavy (non-hydrogen) atoms. The molecule has 6 atom stereocenters. The molecular weight excluding hydrogens is 598 g/mol. The maximum Gasteiger partial charge on any atom is 0.306 e. The lowest BCUT2D eigenvalue weighted by molar-refractivity contribution is -0.148. The Hall–Kier alpha value is -3.50. The maximum absolute atomic E-state index is 14.4. The largest absolute Gasteiger partial charge is 0.463 e. The SMILES string of the molecule is C=CCCC(=O)OC[C@H](NC(=O)[C@@H]1[C@@H]2CC[C@]3(O2)[C@H](C(=O)N(CC=C)CCCCC)N(CCCCCCO)C(=O)[C@@H]13)c1ccccc1. The molecule has 1 aromatic carbocycles. The van der Waals surface area contributed by atoms with E-state index >= 15 is 0 Å². The van der Waals surface area contributed by atoms with E-state index in [4.69, 9.17) is 9.47 Å². The predicted octanol–water partition coefficient (Wildman–Crippen LogP) is 4.49. The Kier molecular flexibility index (Phi) is 13.6. The van der Waals surface area contributed by atoms with Crippen LogP contribution in [0.2, 0.25) is 0 Å². The standard InChI is InChI=1S/C37H53N3O7/c1-4-7-14-23-39(22-6-3)36(45)33-37-21-20-29(47-37)31(32(37)35(44)40(33)24-15-9-10-16-25-41)34(43)38-28(27-17-12-11-13-18-27)26-46-30(42)19-8-5-2/h5-6,11-13,17-18,28-29,31-33,41H,2-4,7-10,14-16,19-26H2,1H3,(H,38,43)/t28-,29-,31+,32+,33-,37+/m0/s1. The third-order valence-electron chi connectivity index (χ3n) is 9.82. The van der Waals surface area contributed by atoms with E-state index in [1.54, 1.807) is 22.0 Å². The zero-order chi connectivity index (χ0) is 33.8. The fraction of sp³-hybridized carbons (Fsp3) is 0.622. The summed E-state index contributed by atoms with van der Waals surface area (Å²) < 4.78 is 12.2.